The Bertz CT molecular complexity index is 469. The van der Waals surface area contributed by atoms with Crippen molar-refractivity contribution in [2.45, 2.75) is 12.0 Å². The molecule has 1 amide bonds. The Hall–Kier alpha value is -1.66. The van der Waals surface area contributed by atoms with Gasteiger partial charge in [0.1, 0.15) is 23.8 Å². The molecule has 2 rings (SSSR count). The van der Waals surface area contributed by atoms with Gasteiger partial charge in [-0.3, -0.25) is 9.69 Å². The first-order chi connectivity index (χ1) is 8.97. The summed E-state index contributed by atoms with van der Waals surface area (Å²) in [6, 6.07) is 5.76. The third-order valence-corrected chi connectivity index (χ3v) is 3.09. The van der Waals surface area contributed by atoms with E-state index in [4.69, 9.17) is 10.5 Å². The van der Waals surface area contributed by atoms with E-state index in [2.05, 4.69) is 0 Å². The van der Waals surface area contributed by atoms with Gasteiger partial charge in [0.2, 0.25) is 5.91 Å². The Morgan fingerprint density at radius 3 is 3.05 bits per heavy atom. The lowest BCUT2D eigenvalue weighted by Crippen LogP contribution is -2.41. The molecule has 6 heteroatoms. The van der Waals surface area contributed by atoms with E-state index in [9.17, 15) is 14.3 Å². The normalized spacial score (nSPS) is 23.5. The first kappa shape index (κ1) is 13.8. The van der Waals surface area contributed by atoms with Crippen molar-refractivity contribution in [2.75, 3.05) is 26.2 Å². The van der Waals surface area contributed by atoms with Crippen LogP contribution in [0.1, 0.15) is 6.42 Å². The number of nitrogens with zero attached hydrogens (tertiary/aromatic N) is 1. The minimum Gasteiger partial charge on any atom is -0.490 e. The summed E-state index contributed by atoms with van der Waals surface area (Å²) in [4.78, 5) is 12.6. The number of halogens is 1. The summed E-state index contributed by atoms with van der Waals surface area (Å²) < 4.78 is 18.4. The highest BCUT2D eigenvalue weighted by Crippen LogP contribution is 2.23. The zero-order chi connectivity index (χ0) is 13.9. The highest BCUT2D eigenvalue weighted by molar-refractivity contribution is 5.75. The number of carbonyl (C=O) groups is 1. The Labute approximate surface area is 110 Å². The van der Waals surface area contributed by atoms with Crippen LogP contribution in [0.5, 0.6) is 5.75 Å². The van der Waals surface area contributed by atoms with Gasteiger partial charge in [0.15, 0.2) is 0 Å². The molecule has 3 N–H and O–H groups in total. The summed E-state index contributed by atoms with van der Waals surface area (Å²) in [5.41, 5.74) is 4.08. The summed E-state index contributed by atoms with van der Waals surface area (Å²) in [6.45, 7) is 1.10. The molecule has 1 fully saturated rings. The highest BCUT2D eigenvalue weighted by Gasteiger charge is 2.37. The number of aliphatic hydroxyl groups is 1. The van der Waals surface area contributed by atoms with Crippen molar-refractivity contribution in [2.24, 2.45) is 5.73 Å². The molecule has 0 radical (unpaired) electrons. The fourth-order valence-corrected chi connectivity index (χ4v) is 2.19. The number of carbonyl (C=O) groups excluding carboxylic acids is 1. The number of benzene rings is 1. The van der Waals surface area contributed by atoms with Crippen molar-refractivity contribution in [1.29, 1.82) is 0 Å². The van der Waals surface area contributed by atoms with Crippen molar-refractivity contribution in [3.05, 3.63) is 30.1 Å². The molecular weight excluding hydrogens is 251 g/mol. The van der Waals surface area contributed by atoms with Crippen molar-refractivity contribution in [1.82, 2.24) is 4.90 Å². The first-order valence-corrected chi connectivity index (χ1v) is 6.08. The maximum absolute atomic E-state index is 13.0. The number of amides is 1. The third-order valence-electron chi connectivity index (χ3n) is 3.09. The average Bonchev–Trinajstić information content (AvgIpc) is 2.68. The van der Waals surface area contributed by atoms with Crippen LogP contribution in [0.4, 0.5) is 4.39 Å². The van der Waals surface area contributed by atoms with Crippen molar-refractivity contribution >= 4 is 5.91 Å². The Morgan fingerprint density at radius 1 is 1.58 bits per heavy atom. The van der Waals surface area contributed by atoms with Crippen molar-refractivity contribution < 1.29 is 19.0 Å². The second kappa shape index (κ2) is 5.54. The van der Waals surface area contributed by atoms with Gasteiger partial charge in [0.05, 0.1) is 6.54 Å². The monoisotopic (exact) mass is 268 g/mol. The molecule has 0 bridgehead atoms. The van der Waals surface area contributed by atoms with Crippen LogP contribution in [-0.2, 0) is 4.79 Å². The molecule has 1 atom stereocenters. The van der Waals surface area contributed by atoms with Crippen LogP contribution in [0.15, 0.2) is 24.3 Å². The standard InChI is InChI=1S/C13H17FN2O3/c14-10-2-1-3-11(6-10)19-9-13(18)4-5-16(8-13)7-12(15)17/h1-3,6,18H,4-5,7-9H2,(H2,15,17). The van der Waals surface area contributed by atoms with E-state index in [0.29, 0.717) is 25.3 Å². The maximum Gasteiger partial charge on any atom is 0.231 e. The van der Waals surface area contributed by atoms with Gasteiger partial charge < -0.3 is 15.6 Å². The van der Waals surface area contributed by atoms with Crippen LogP contribution in [-0.4, -0.2) is 47.8 Å². The van der Waals surface area contributed by atoms with Crippen LogP contribution in [0, 0.1) is 5.82 Å². The number of ether oxygens (including phenoxy) is 1. The lowest BCUT2D eigenvalue weighted by molar-refractivity contribution is -0.119. The molecule has 5 nitrogen and oxygen atoms in total. The summed E-state index contributed by atoms with van der Waals surface area (Å²) in [5, 5.41) is 10.3. The average molecular weight is 268 g/mol. The molecule has 1 heterocycles. The van der Waals surface area contributed by atoms with Gasteiger partial charge in [0, 0.05) is 19.2 Å². The number of rotatable bonds is 5. The fourth-order valence-electron chi connectivity index (χ4n) is 2.19. The molecule has 0 aliphatic carbocycles. The molecule has 1 aliphatic heterocycles. The van der Waals surface area contributed by atoms with Crippen molar-refractivity contribution in [3.63, 3.8) is 0 Å². The lowest BCUT2D eigenvalue weighted by atomic mass is 10.1. The van der Waals surface area contributed by atoms with Gasteiger partial charge in [-0.1, -0.05) is 6.07 Å². The Balaban J connectivity index is 1.87. The topological polar surface area (TPSA) is 75.8 Å². The van der Waals surface area contributed by atoms with Crippen LogP contribution >= 0.6 is 0 Å². The number of β-amino-alcohol motifs (C(OH)–C–C–N with tert-alkyl or cyclic N) is 1. The maximum atomic E-state index is 13.0. The Morgan fingerprint density at radius 2 is 2.37 bits per heavy atom. The van der Waals surface area contributed by atoms with Gasteiger partial charge in [-0.05, 0) is 18.6 Å². The third kappa shape index (κ3) is 3.90. The molecule has 1 aliphatic rings. The fraction of sp³-hybridized carbons (Fsp3) is 0.462. The van der Waals surface area contributed by atoms with Gasteiger partial charge in [-0.25, -0.2) is 4.39 Å². The SMILES string of the molecule is NC(=O)CN1CCC(O)(COc2cccc(F)c2)C1. The molecule has 0 aromatic heterocycles. The Kier molecular flexibility index (Phi) is 4.01. The number of hydrogen-bond acceptors (Lipinski definition) is 4. The van der Waals surface area contributed by atoms with E-state index in [1.54, 1.807) is 17.0 Å². The molecule has 0 spiro atoms. The molecule has 104 valence electrons. The minimum atomic E-state index is -1.03. The molecule has 1 aromatic carbocycles. The predicted octanol–water partition coefficient (Wildman–Crippen LogP) is 0.127. The molecule has 1 saturated heterocycles. The minimum absolute atomic E-state index is 0.0612. The van der Waals surface area contributed by atoms with E-state index < -0.39 is 11.5 Å². The van der Waals surface area contributed by atoms with E-state index >= 15 is 0 Å². The van der Waals surface area contributed by atoms with E-state index in [-0.39, 0.29) is 19.0 Å². The van der Waals surface area contributed by atoms with Crippen LogP contribution in [0.3, 0.4) is 0 Å². The number of hydrogen-bond donors (Lipinski definition) is 2. The smallest absolute Gasteiger partial charge is 0.231 e. The zero-order valence-electron chi connectivity index (χ0n) is 10.5. The van der Waals surface area contributed by atoms with Gasteiger partial charge in [-0.15, -0.1) is 0 Å². The lowest BCUT2D eigenvalue weighted by Gasteiger charge is -2.23. The molecular formula is C13H17FN2O3. The number of likely N-dealkylation sites (tertiary alicyclic amines) is 1. The van der Waals surface area contributed by atoms with Gasteiger partial charge >= 0.3 is 0 Å². The summed E-state index contributed by atoms with van der Waals surface area (Å²) in [5.74, 6) is -0.427. The second-order valence-corrected chi connectivity index (χ2v) is 4.90. The number of primary amides is 1. The summed E-state index contributed by atoms with van der Waals surface area (Å²) in [6.07, 6.45) is 0.496. The highest BCUT2D eigenvalue weighted by atomic mass is 19.1. The van der Waals surface area contributed by atoms with E-state index in [1.165, 1.54) is 12.1 Å². The first-order valence-electron chi connectivity index (χ1n) is 6.08. The van der Waals surface area contributed by atoms with Crippen molar-refractivity contribution in [3.8, 4) is 5.75 Å². The molecule has 19 heavy (non-hydrogen) atoms. The largest absolute Gasteiger partial charge is 0.490 e. The van der Waals surface area contributed by atoms with Crippen LogP contribution in [0.25, 0.3) is 0 Å². The van der Waals surface area contributed by atoms with Crippen LogP contribution < -0.4 is 10.5 Å². The van der Waals surface area contributed by atoms with E-state index in [1.807, 2.05) is 0 Å². The van der Waals surface area contributed by atoms with E-state index in [0.717, 1.165) is 0 Å². The molecule has 1 unspecified atom stereocenters. The van der Waals surface area contributed by atoms with Gasteiger partial charge in [-0.2, -0.15) is 0 Å². The second-order valence-electron chi connectivity index (χ2n) is 4.90. The van der Waals surface area contributed by atoms with Gasteiger partial charge in [0.25, 0.3) is 0 Å². The summed E-state index contributed by atoms with van der Waals surface area (Å²) >= 11 is 0. The zero-order valence-corrected chi connectivity index (χ0v) is 10.5. The number of nitrogens with two attached hydrogens (primary N) is 1. The molecule has 1 aromatic rings. The van der Waals surface area contributed by atoms with Crippen LogP contribution in [0.2, 0.25) is 0 Å². The molecule has 0 saturated carbocycles. The predicted molar refractivity (Wildman–Crippen MR) is 67.1 cm³/mol. The quantitative estimate of drug-likeness (QED) is 0.795. The summed E-state index contributed by atoms with van der Waals surface area (Å²) in [7, 11) is 0.